The van der Waals surface area contributed by atoms with Gasteiger partial charge in [0.25, 0.3) is 5.91 Å². The number of imide groups is 1. The van der Waals surface area contributed by atoms with Gasteiger partial charge in [0.1, 0.15) is 5.75 Å². The second-order valence-electron chi connectivity index (χ2n) is 6.65. The molecule has 1 saturated heterocycles. The van der Waals surface area contributed by atoms with Gasteiger partial charge in [-0.2, -0.15) is 0 Å². The maximum atomic E-state index is 12.9. The summed E-state index contributed by atoms with van der Waals surface area (Å²) in [5.41, 5.74) is 0.638. The Labute approximate surface area is 143 Å². The van der Waals surface area contributed by atoms with Gasteiger partial charge in [-0.3, -0.25) is 14.5 Å². The van der Waals surface area contributed by atoms with Gasteiger partial charge in [-0.1, -0.05) is 6.92 Å². The van der Waals surface area contributed by atoms with Crippen LogP contribution >= 0.6 is 0 Å². The standard InChI is InChI=1S/C19H26N2O3/c1-3-11-20(13-14-5-6-14)17-12-18(22)21(19(17)23)15-7-9-16(10-8-15)24-4-2/h7-10,14,17H,3-6,11-13H2,1-2H3/t17-/m1/s1. The van der Waals surface area contributed by atoms with E-state index in [1.807, 2.05) is 6.92 Å². The lowest BCUT2D eigenvalue weighted by Crippen LogP contribution is -2.43. The molecule has 1 aromatic carbocycles. The van der Waals surface area contributed by atoms with Crippen LogP contribution in [-0.2, 0) is 9.59 Å². The molecular weight excluding hydrogens is 304 g/mol. The predicted octanol–water partition coefficient (Wildman–Crippen LogP) is 2.84. The highest BCUT2D eigenvalue weighted by Gasteiger charge is 2.43. The number of hydrogen-bond donors (Lipinski definition) is 0. The average Bonchev–Trinajstić information content (AvgIpc) is 3.33. The predicted molar refractivity (Wildman–Crippen MR) is 93.1 cm³/mol. The van der Waals surface area contributed by atoms with Crippen LogP contribution in [0, 0.1) is 5.92 Å². The summed E-state index contributed by atoms with van der Waals surface area (Å²) in [5, 5.41) is 0. The van der Waals surface area contributed by atoms with Crippen LogP contribution in [0.15, 0.2) is 24.3 Å². The zero-order valence-corrected chi connectivity index (χ0v) is 14.5. The minimum Gasteiger partial charge on any atom is -0.494 e. The van der Waals surface area contributed by atoms with Crippen molar-refractivity contribution in [1.82, 2.24) is 4.90 Å². The molecule has 1 atom stereocenters. The van der Waals surface area contributed by atoms with Crippen molar-refractivity contribution in [1.29, 1.82) is 0 Å². The Bertz CT molecular complexity index is 595. The molecule has 1 aromatic rings. The maximum Gasteiger partial charge on any atom is 0.251 e. The number of carbonyl (C=O) groups excluding carboxylic acids is 2. The van der Waals surface area contributed by atoms with Crippen LogP contribution in [-0.4, -0.2) is 42.5 Å². The van der Waals surface area contributed by atoms with E-state index in [2.05, 4.69) is 11.8 Å². The Morgan fingerprint density at radius 3 is 2.46 bits per heavy atom. The molecule has 1 aliphatic heterocycles. The Hall–Kier alpha value is -1.88. The number of anilines is 1. The van der Waals surface area contributed by atoms with Crippen LogP contribution in [0.4, 0.5) is 5.69 Å². The minimum atomic E-state index is -0.301. The molecule has 1 saturated carbocycles. The molecule has 5 heteroatoms. The van der Waals surface area contributed by atoms with Crippen molar-refractivity contribution in [3.05, 3.63) is 24.3 Å². The summed E-state index contributed by atoms with van der Waals surface area (Å²) >= 11 is 0. The van der Waals surface area contributed by atoms with E-state index < -0.39 is 0 Å². The first-order valence-electron chi connectivity index (χ1n) is 8.97. The number of benzene rings is 1. The van der Waals surface area contributed by atoms with Gasteiger partial charge >= 0.3 is 0 Å². The quantitative estimate of drug-likeness (QED) is 0.688. The van der Waals surface area contributed by atoms with Gasteiger partial charge < -0.3 is 4.74 Å². The summed E-state index contributed by atoms with van der Waals surface area (Å²) in [5.74, 6) is 1.27. The summed E-state index contributed by atoms with van der Waals surface area (Å²) < 4.78 is 5.42. The lowest BCUT2D eigenvalue weighted by atomic mass is 10.2. The fraction of sp³-hybridized carbons (Fsp3) is 0.579. The monoisotopic (exact) mass is 330 g/mol. The lowest BCUT2D eigenvalue weighted by Gasteiger charge is -2.26. The fourth-order valence-electron chi connectivity index (χ4n) is 3.32. The molecule has 0 aromatic heterocycles. The molecule has 0 N–H and O–H groups in total. The number of ether oxygens (including phenoxy) is 1. The van der Waals surface area contributed by atoms with E-state index in [1.165, 1.54) is 17.7 Å². The number of amides is 2. The average molecular weight is 330 g/mol. The number of carbonyl (C=O) groups is 2. The topological polar surface area (TPSA) is 49.9 Å². The third kappa shape index (κ3) is 3.61. The molecular formula is C19H26N2O3. The van der Waals surface area contributed by atoms with Crippen LogP contribution in [0.25, 0.3) is 0 Å². The van der Waals surface area contributed by atoms with Crippen LogP contribution in [0.3, 0.4) is 0 Å². The Morgan fingerprint density at radius 1 is 1.17 bits per heavy atom. The lowest BCUT2D eigenvalue weighted by molar-refractivity contribution is -0.123. The van der Waals surface area contributed by atoms with Crippen molar-refractivity contribution in [2.45, 2.75) is 45.6 Å². The highest BCUT2D eigenvalue weighted by atomic mass is 16.5. The van der Waals surface area contributed by atoms with Crippen molar-refractivity contribution < 1.29 is 14.3 Å². The van der Waals surface area contributed by atoms with E-state index in [4.69, 9.17) is 4.74 Å². The molecule has 1 aliphatic carbocycles. The highest BCUT2D eigenvalue weighted by molar-refractivity contribution is 6.22. The molecule has 2 aliphatic rings. The second kappa shape index (κ2) is 7.34. The van der Waals surface area contributed by atoms with Crippen molar-refractivity contribution in [2.75, 3.05) is 24.6 Å². The van der Waals surface area contributed by atoms with Crippen LogP contribution < -0.4 is 9.64 Å². The van der Waals surface area contributed by atoms with Crippen LogP contribution in [0.2, 0.25) is 0 Å². The zero-order chi connectivity index (χ0) is 17.1. The van der Waals surface area contributed by atoms with Gasteiger partial charge in [0, 0.05) is 6.54 Å². The van der Waals surface area contributed by atoms with E-state index in [-0.39, 0.29) is 17.9 Å². The molecule has 3 rings (SSSR count). The minimum absolute atomic E-state index is 0.0849. The number of nitrogens with zero attached hydrogens (tertiary/aromatic N) is 2. The van der Waals surface area contributed by atoms with Crippen molar-refractivity contribution in [2.24, 2.45) is 5.92 Å². The van der Waals surface area contributed by atoms with Gasteiger partial charge in [0.05, 0.1) is 24.8 Å². The Morgan fingerprint density at radius 2 is 1.88 bits per heavy atom. The molecule has 2 amide bonds. The molecule has 24 heavy (non-hydrogen) atoms. The molecule has 0 radical (unpaired) electrons. The number of rotatable bonds is 8. The fourth-order valence-corrected chi connectivity index (χ4v) is 3.32. The first-order chi connectivity index (χ1) is 11.6. The molecule has 2 fully saturated rings. The molecule has 130 valence electrons. The van der Waals surface area contributed by atoms with Crippen LogP contribution in [0.1, 0.15) is 39.5 Å². The summed E-state index contributed by atoms with van der Waals surface area (Å²) in [4.78, 5) is 28.9. The smallest absolute Gasteiger partial charge is 0.251 e. The SMILES string of the molecule is CCCN(CC1CC1)[C@@H]1CC(=O)N(c2ccc(OCC)cc2)C1=O. The summed E-state index contributed by atoms with van der Waals surface area (Å²) in [6.07, 6.45) is 3.78. The van der Waals surface area contributed by atoms with Gasteiger partial charge in [-0.25, -0.2) is 4.90 Å². The molecule has 0 unspecified atom stereocenters. The van der Waals surface area contributed by atoms with E-state index in [9.17, 15) is 9.59 Å². The van der Waals surface area contributed by atoms with Gasteiger partial charge in [-0.15, -0.1) is 0 Å². The van der Waals surface area contributed by atoms with Crippen molar-refractivity contribution in [3.8, 4) is 5.75 Å². The van der Waals surface area contributed by atoms with Gasteiger partial charge in [0.15, 0.2) is 0 Å². The third-order valence-corrected chi connectivity index (χ3v) is 4.67. The molecule has 1 heterocycles. The van der Waals surface area contributed by atoms with E-state index in [0.717, 1.165) is 25.3 Å². The number of hydrogen-bond acceptors (Lipinski definition) is 4. The largest absolute Gasteiger partial charge is 0.494 e. The Balaban J connectivity index is 1.74. The van der Waals surface area contributed by atoms with Crippen LogP contribution in [0.5, 0.6) is 5.75 Å². The molecule has 0 bridgehead atoms. The highest BCUT2D eigenvalue weighted by Crippen LogP contribution is 2.33. The van der Waals surface area contributed by atoms with Gasteiger partial charge in [-0.05, 0) is 62.9 Å². The molecule has 5 nitrogen and oxygen atoms in total. The van der Waals surface area contributed by atoms with Crippen molar-refractivity contribution >= 4 is 17.5 Å². The second-order valence-corrected chi connectivity index (χ2v) is 6.65. The van der Waals surface area contributed by atoms with Crippen molar-refractivity contribution in [3.63, 3.8) is 0 Å². The summed E-state index contributed by atoms with van der Waals surface area (Å²) in [6.45, 7) is 6.45. The first-order valence-corrected chi connectivity index (χ1v) is 8.97. The van der Waals surface area contributed by atoms with Gasteiger partial charge in [0.2, 0.25) is 5.91 Å². The normalized spacial score (nSPS) is 21.0. The Kier molecular flexibility index (Phi) is 5.19. The maximum absolute atomic E-state index is 12.9. The van der Waals surface area contributed by atoms with E-state index >= 15 is 0 Å². The summed E-state index contributed by atoms with van der Waals surface area (Å²) in [7, 11) is 0. The van der Waals surface area contributed by atoms with E-state index in [0.29, 0.717) is 24.6 Å². The summed E-state index contributed by atoms with van der Waals surface area (Å²) in [6, 6.07) is 6.88. The molecule has 0 spiro atoms. The first kappa shape index (κ1) is 17.0. The third-order valence-electron chi connectivity index (χ3n) is 4.67. The zero-order valence-electron chi connectivity index (χ0n) is 14.5. The van der Waals surface area contributed by atoms with E-state index in [1.54, 1.807) is 24.3 Å².